The lowest BCUT2D eigenvalue weighted by Gasteiger charge is -2.23. The molecule has 0 aliphatic carbocycles. The summed E-state index contributed by atoms with van der Waals surface area (Å²) in [6.07, 6.45) is 4.61. The molecule has 0 radical (unpaired) electrons. The van der Waals surface area contributed by atoms with Gasteiger partial charge in [-0.15, -0.1) is 0 Å². The molecule has 0 saturated carbocycles. The number of H-pyrrole nitrogens is 1. The lowest BCUT2D eigenvalue weighted by molar-refractivity contribution is -0.132. The van der Waals surface area contributed by atoms with Gasteiger partial charge in [0.2, 0.25) is 5.91 Å². The first-order chi connectivity index (χ1) is 14.6. The third-order valence-electron chi connectivity index (χ3n) is 5.14. The molecule has 3 aromatic rings. The maximum Gasteiger partial charge on any atom is 0.258 e. The minimum atomic E-state index is -0.278. The van der Waals surface area contributed by atoms with E-state index in [1.165, 1.54) is 12.1 Å². The Morgan fingerprint density at radius 1 is 1.07 bits per heavy atom. The molecule has 2 aromatic carbocycles. The molecule has 30 heavy (non-hydrogen) atoms. The maximum atomic E-state index is 13.2. The second-order valence-electron chi connectivity index (χ2n) is 7.53. The van der Waals surface area contributed by atoms with Crippen molar-refractivity contribution < 1.29 is 9.18 Å². The number of unbranched alkanes of at least 4 members (excludes halogenated alkanes) is 2. The minimum Gasteiger partial charge on any atom is -0.338 e. The molecular weight excluding hydrogens is 381 g/mol. The monoisotopic (exact) mass is 409 g/mol. The van der Waals surface area contributed by atoms with Crippen LogP contribution in [-0.4, -0.2) is 27.3 Å². The van der Waals surface area contributed by atoms with E-state index in [-0.39, 0.29) is 17.3 Å². The van der Waals surface area contributed by atoms with Gasteiger partial charge in [0.25, 0.3) is 5.56 Å². The van der Waals surface area contributed by atoms with Crippen LogP contribution in [0.1, 0.15) is 50.4 Å². The van der Waals surface area contributed by atoms with Crippen molar-refractivity contribution in [1.29, 1.82) is 0 Å². The van der Waals surface area contributed by atoms with Crippen LogP contribution in [0.25, 0.3) is 10.9 Å². The zero-order valence-electron chi connectivity index (χ0n) is 17.4. The molecule has 1 heterocycles. The maximum absolute atomic E-state index is 13.2. The zero-order chi connectivity index (χ0) is 21.3. The van der Waals surface area contributed by atoms with E-state index in [0.717, 1.165) is 24.8 Å². The standard InChI is InChI=1S/C24H28FN3O2/c1-2-3-6-16-28(17-18-12-14-19(25)15-13-18)23(29)11-7-10-22-26-21-9-5-4-8-20(21)24(30)27-22/h4-5,8-9,12-15H,2-3,6-7,10-11,16-17H2,1H3,(H,26,27,30). The van der Waals surface area contributed by atoms with Crippen LogP contribution in [0.2, 0.25) is 0 Å². The quantitative estimate of drug-likeness (QED) is 0.498. The van der Waals surface area contributed by atoms with E-state index < -0.39 is 0 Å². The predicted molar refractivity (Wildman–Crippen MR) is 117 cm³/mol. The molecule has 0 aliphatic heterocycles. The first-order valence-electron chi connectivity index (χ1n) is 10.6. The van der Waals surface area contributed by atoms with Gasteiger partial charge in [-0.3, -0.25) is 9.59 Å². The topological polar surface area (TPSA) is 66.1 Å². The van der Waals surface area contributed by atoms with E-state index in [9.17, 15) is 14.0 Å². The highest BCUT2D eigenvalue weighted by Gasteiger charge is 2.14. The number of nitrogens with one attached hydrogen (secondary N) is 1. The Kier molecular flexibility index (Phi) is 7.71. The predicted octanol–water partition coefficient (Wildman–Crippen LogP) is 4.60. The van der Waals surface area contributed by atoms with E-state index in [2.05, 4.69) is 16.9 Å². The first-order valence-corrected chi connectivity index (χ1v) is 10.6. The van der Waals surface area contributed by atoms with Crippen LogP contribution in [0.15, 0.2) is 53.3 Å². The Morgan fingerprint density at radius 2 is 1.83 bits per heavy atom. The summed E-state index contributed by atoms with van der Waals surface area (Å²) in [5.41, 5.74) is 1.43. The number of amides is 1. The Hall–Kier alpha value is -3.02. The molecule has 3 rings (SSSR count). The van der Waals surface area contributed by atoms with Gasteiger partial charge < -0.3 is 9.88 Å². The number of halogens is 1. The second-order valence-corrected chi connectivity index (χ2v) is 7.53. The molecule has 1 amide bonds. The average Bonchev–Trinajstić information content (AvgIpc) is 2.74. The van der Waals surface area contributed by atoms with E-state index in [4.69, 9.17) is 0 Å². The highest BCUT2D eigenvalue weighted by molar-refractivity contribution is 5.77. The van der Waals surface area contributed by atoms with Crippen LogP contribution < -0.4 is 5.56 Å². The van der Waals surface area contributed by atoms with Crippen molar-refractivity contribution >= 4 is 16.8 Å². The van der Waals surface area contributed by atoms with Crippen LogP contribution in [0.3, 0.4) is 0 Å². The third kappa shape index (κ3) is 5.99. The first kappa shape index (κ1) is 21.7. The van der Waals surface area contributed by atoms with Gasteiger partial charge in [-0.2, -0.15) is 0 Å². The van der Waals surface area contributed by atoms with Gasteiger partial charge in [0.15, 0.2) is 0 Å². The SMILES string of the molecule is CCCCCN(Cc1ccc(F)cc1)C(=O)CCCc1nc2ccccc2c(=O)[nH]1. The molecular formula is C24H28FN3O2. The molecule has 0 unspecified atom stereocenters. The largest absolute Gasteiger partial charge is 0.338 e. The van der Waals surface area contributed by atoms with Crippen LogP contribution in [-0.2, 0) is 17.8 Å². The van der Waals surface area contributed by atoms with Crippen molar-refractivity contribution in [3.05, 3.63) is 76.1 Å². The summed E-state index contributed by atoms with van der Waals surface area (Å²) in [6.45, 7) is 3.30. The number of hydrogen-bond donors (Lipinski definition) is 1. The normalized spacial score (nSPS) is 11.0. The van der Waals surface area contributed by atoms with Gasteiger partial charge in [0, 0.05) is 25.9 Å². The number of nitrogens with zero attached hydrogens (tertiary/aromatic N) is 2. The van der Waals surface area contributed by atoms with E-state index in [1.807, 2.05) is 23.1 Å². The molecule has 6 heteroatoms. The number of rotatable bonds is 10. The van der Waals surface area contributed by atoms with E-state index in [0.29, 0.717) is 49.1 Å². The lowest BCUT2D eigenvalue weighted by Crippen LogP contribution is -2.31. The Bertz CT molecular complexity index is 1030. The molecule has 1 aromatic heterocycles. The van der Waals surface area contributed by atoms with E-state index in [1.54, 1.807) is 18.2 Å². The lowest BCUT2D eigenvalue weighted by atomic mass is 10.1. The fraction of sp³-hybridized carbons (Fsp3) is 0.375. The molecule has 5 nitrogen and oxygen atoms in total. The fourth-order valence-corrected chi connectivity index (χ4v) is 3.47. The summed E-state index contributed by atoms with van der Waals surface area (Å²) in [5.74, 6) is 0.389. The van der Waals surface area contributed by atoms with Gasteiger partial charge in [-0.1, -0.05) is 44.0 Å². The molecule has 0 fully saturated rings. The Labute approximate surface area is 176 Å². The second kappa shape index (κ2) is 10.7. The number of aromatic amines is 1. The van der Waals surface area contributed by atoms with Gasteiger partial charge in [-0.25, -0.2) is 9.37 Å². The van der Waals surface area contributed by atoms with Gasteiger partial charge >= 0.3 is 0 Å². The molecule has 0 bridgehead atoms. The number of aromatic nitrogens is 2. The fourth-order valence-electron chi connectivity index (χ4n) is 3.47. The van der Waals surface area contributed by atoms with Crippen molar-refractivity contribution in [2.75, 3.05) is 6.54 Å². The van der Waals surface area contributed by atoms with Gasteiger partial charge in [0.1, 0.15) is 11.6 Å². The number of benzene rings is 2. The van der Waals surface area contributed by atoms with Crippen molar-refractivity contribution in [3.8, 4) is 0 Å². The molecule has 0 saturated heterocycles. The summed E-state index contributed by atoms with van der Waals surface area (Å²) >= 11 is 0. The summed E-state index contributed by atoms with van der Waals surface area (Å²) in [6, 6.07) is 13.5. The summed E-state index contributed by atoms with van der Waals surface area (Å²) in [4.78, 5) is 34.2. The number of carbonyl (C=O) groups excluding carboxylic acids is 1. The van der Waals surface area contributed by atoms with Crippen molar-refractivity contribution in [1.82, 2.24) is 14.9 Å². The smallest absolute Gasteiger partial charge is 0.258 e. The van der Waals surface area contributed by atoms with Crippen molar-refractivity contribution in [2.45, 2.75) is 52.0 Å². The average molecular weight is 410 g/mol. The summed E-state index contributed by atoms with van der Waals surface area (Å²) in [7, 11) is 0. The van der Waals surface area contributed by atoms with Crippen LogP contribution in [0.5, 0.6) is 0 Å². The molecule has 0 aliphatic rings. The van der Waals surface area contributed by atoms with Gasteiger partial charge in [0.05, 0.1) is 10.9 Å². The van der Waals surface area contributed by atoms with Gasteiger partial charge in [-0.05, 0) is 42.7 Å². The number of hydrogen-bond acceptors (Lipinski definition) is 3. The van der Waals surface area contributed by atoms with E-state index >= 15 is 0 Å². The van der Waals surface area contributed by atoms with Crippen molar-refractivity contribution in [3.63, 3.8) is 0 Å². The number of aryl methyl sites for hydroxylation is 1. The Morgan fingerprint density at radius 3 is 2.60 bits per heavy atom. The molecule has 0 spiro atoms. The number of para-hydroxylation sites is 1. The zero-order valence-corrected chi connectivity index (χ0v) is 17.4. The van der Waals surface area contributed by atoms with Crippen LogP contribution in [0.4, 0.5) is 4.39 Å². The molecule has 1 N–H and O–H groups in total. The van der Waals surface area contributed by atoms with Crippen LogP contribution in [0, 0.1) is 5.82 Å². The highest BCUT2D eigenvalue weighted by atomic mass is 19.1. The molecule has 0 atom stereocenters. The summed E-state index contributed by atoms with van der Waals surface area (Å²) < 4.78 is 13.2. The molecule has 158 valence electrons. The van der Waals surface area contributed by atoms with Crippen LogP contribution >= 0.6 is 0 Å². The van der Waals surface area contributed by atoms with Crippen molar-refractivity contribution in [2.24, 2.45) is 0 Å². The minimum absolute atomic E-state index is 0.0681. The third-order valence-corrected chi connectivity index (χ3v) is 5.14. The number of fused-ring (bicyclic) bond motifs is 1. The highest BCUT2D eigenvalue weighted by Crippen LogP contribution is 2.12. The Balaban J connectivity index is 1.60. The number of carbonyl (C=O) groups is 1. The summed E-state index contributed by atoms with van der Waals surface area (Å²) in [5, 5.41) is 0.568.